The molecular formula is C21H22INSi. The summed E-state index contributed by atoms with van der Waals surface area (Å²) in [6.45, 7) is 0. The first-order valence-electron chi connectivity index (χ1n) is 8.13. The van der Waals surface area contributed by atoms with Gasteiger partial charge in [-0.15, -0.1) is 0 Å². The Morgan fingerprint density at radius 3 is 1.46 bits per heavy atom. The van der Waals surface area contributed by atoms with E-state index in [0.717, 1.165) is 4.05 Å². The van der Waals surface area contributed by atoms with E-state index in [4.69, 9.17) is 0 Å². The van der Waals surface area contributed by atoms with E-state index in [0.29, 0.717) is 0 Å². The van der Waals surface area contributed by atoms with Crippen LogP contribution in [0.15, 0.2) is 84.9 Å². The molecule has 0 atom stereocenters. The number of hydrogen-bond acceptors (Lipinski definition) is 1. The second kappa shape index (κ2) is 7.53. The van der Waals surface area contributed by atoms with Crippen LogP contribution in [0.2, 0.25) is 0 Å². The highest BCUT2D eigenvalue weighted by Crippen LogP contribution is 2.14. The van der Waals surface area contributed by atoms with Crippen LogP contribution in [0.25, 0.3) is 0 Å². The Hall–Kier alpha value is -1.59. The first-order valence-corrected chi connectivity index (χ1v) is 11.9. The van der Waals surface area contributed by atoms with Crippen molar-refractivity contribution in [3.8, 4) is 0 Å². The van der Waals surface area contributed by atoms with Crippen molar-refractivity contribution < 1.29 is 0 Å². The highest BCUT2D eigenvalue weighted by molar-refractivity contribution is 14.1. The highest BCUT2D eigenvalue weighted by atomic mass is 127. The molecule has 0 aliphatic rings. The van der Waals surface area contributed by atoms with Gasteiger partial charge in [0.05, 0.1) is 0 Å². The molecule has 0 radical (unpaired) electrons. The Balaban J connectivity index is 2.22. The molecule has 0 saturated carbocycles. The van der Waals surface area contributed by atoms with E-state index in [1.807, 2.05) is 0 Å². The zero-order valence-corrected chi connectivity index (χ0v) is 17.3. The van der Waals surface area contributed by atoms with Crippen molar-refractivity contribution in [2.75, 3.05) is 23.0 Å². The summed E-state index contributed by atoms with van der Waals surface area (Å²) in [6.07, 6.45) is 0. The number of nitrogens with zero attached hydrogens (tertiary/aromatic N) is 1. The normalized spacial score (nSPS) is 11.3. The Morgan fingerprint density at radius 1 is 0.667 bits per heavy atom. The molecule has 0 spiro atoms. The predicted molar refractivity (Wildman–Crippen MR) is 117 cm³/mol. The lowest BCUT2D eigenvalue weighted by Crippen LogP contribution is -2.68. The Labute approximate surface area is 159 Å². The SMILES string of the molecule is CN(C)c1ccc([Si](CI)(c2ccccc2)c2ccccc2)cc1. The molecule has 0 amide bonds. The number of rotatable bonds is 5. The number of alkyl halides is 1. The summed E-state index contributed by atoms with van der Waals surface area (Å²) >= 11 is 2.59. The minimum Gasteiger partial charge on any atom is -0.378 e. The summed E-state index contributed by atoms with van der Waals surface area (Å²) in [5, 5.41) is 4.42. The third-order valence-electron chi connectivity index (χ3n) is 4.61. The monoisotopic (exact) mass is 443 g/mol. The quantitative estimate of drug-likeness (QED) is 0.254. The van der Waals surface area contributed by atoms with Crippen LogP contribution < -0.4 is 20.5 Å². The van der Waals surface area contributed by atoms with Gasteiger partial charge in [-0.3, -0.25) is 0 Å². The molecule has 0 heterocycles. The largest absolute Gasteiger partial charge is 0.378 e. The second-order valence-corrected chi connectivity index (χ2v) is 12.3. The molecule has 3 aromatic carbocycles. The van der Waals surface area contributed by atoms with Gasteiger partial charge in [0, 0.05) is 23.8 Å². The van der Waals surface area contributed by atoms with Gasteiger partial charge in [-0.25, -0.2) is 0 Å². The van der Waals surface area contributed by atoms with Gasteiger partial charge in [-0.2, -0.15) is 0 Å². The Bertz CT molecular complexity index is 730. The number of halogens is 1. The van der Waals surface area contributed by atoms with Crippen molar-refractivity contribution in [3.05, 3.63) is 84.9 Å². The maximum Gasteiger partial charge on any atom is 0.157 e. The van der Waals surface area contributed by atoms with Gasteiger partial charge in [0.15, 0.2) is 8.07 Å². The van der Waals surface area contributed by atoms with Crippen LogP contribution in [-0.4, -0.2) is 26.2 Å². The number of benzene rings is 3. The predicted octanol–water partition coefficient (Wildman–Crippen LogP) is 3.20. The summed E-state index contributed by atoms with van der Waals surface area (Å²) in [4.78, 5) is 2.15. The van der Waals surface area contributed by atoms with Gasteiger partial charge in [-0.1, -0.05) is 95.4 Å². The van der Waals surface area contributed by atoms with E-state index >= 15 is 0 Å². The van der Waals surface area contributed by atoms with Crippen LogP contribution in [0.5, 0.6) is 0 Å². The van der Waals surface area contributed by atoms with Crippen molar-refractivity contribution >= 4 is 51.9 Å². The third-order valence-corrected chi connectivity index (χ3v) is 12.4. The molecule has 0 saturated heterocycles. The first-order chi connectivity index (χ1) is 11.7. The lowest BCUT2D eigenvalue weighted by molar-refractivity contribution is 1.13. The fraction of sp³-hybridized carbons (Fsp3) is 0.143. The van der Waals surface area contributed by atoms with Crippen molar-refractivity contribution in [2.45, 2.75) is 0 Å². The van der Waals surface area contributed by atoms with Crippen molar-refractivity contribution in [1.29, 1.82) is 0 Å². The van der Waals surface area contributed by atoms with Crippen LogP contribution in [0.4, 0.5) is 5.69 Å². The number of hydrogen-bond donors (Lipinski definition) is 0. The summed E-state index contributed by atoms with van der Waals surface area (Å²) in [6, 6.07) is 31.3. The lowest BCUT2D eigenvalue weighted by Gasteiger charge is -2.32. The molecule has 0 aromatic heterocycles. The van der Waals surface area contributed by atoms with Crippen LogP contribution in [0.1, 0.15) is 0 Å². The van der Waals surface area contributed by atoms with E-state index in [9.17, 15) is 0 Å². The van der Waals surface area contributed by atoms with Crippen LogP contribution in [-0.2, 0) is 0 Å². The van der Waals surface area contributed by atoms with E-state index in [2.05, 4.69) is 127 Å². The lowest BCUT2D eigenvalue weighted by atomic mass is 10.3. The van der Waals surface area contributed by atoms with Crippen LogP contribution in [0.3, 0.4) is 0 Å². The molecule has 0 N–H and O–H groups in total. The minimum absolute atomic E-state index is 1.13. The first kappa shape index (κ1) is 17.2. The molecule has 3 aromatic rings. The molecule has 3 rings (SSSR count). The van der Waals surface area contributed by atoms with Gasteiger partial charge < -0.3 is 4.90 Å². The van der Waals surface area contributed by atoms with E-state index < -0.39 is 8.07 Å². The summed E-state index contributed by atoms with van der Waals surface area (Å²) in [5.74, 6) is 0. The maximum atomic E-state index is 2.59. The van der Waals surface area contributed by atoms with E-state index in [1.54, 1.807) is 0 Å². The van der Waals surface area contributed by atoms with E-state index in [1.165, 1.54) is 21.2 Å². The maximum absolute atomic E-state index is 2.59. The molecule has 122 valence electrons. The van der Waals surface area contributed by atoms with Crippen molar-refractivity contribution in [3.63, 3.8) is 0 Å². The van der Waals surface area contributed by atoms with Gasteiger partial charge in [0.2, 0.25) is 0 Å². The van der Waals surface area contributed by atoms with Gasteiger partial charge in [0.1, 0.15) is 0 Å². The molecule has 0 unspecified atom stereocenters. The molecule has 3 heteroatoms. The summed E-state index contributed by atoms with van der Waals surface area (Å²) in [5.41, 5.74) is 1.25. The molecule has 1 nitrogen and oxygen atoms in total. The number of anilines is 1. The highest BCUT2D eigenvalue weighted by Gasteiger charge is 2.38. The molecule has 0 aliphatic heterocycles. The summed E-state index contributed by atoms with van der Waals surface area (Å²) < 4.78 is 1.13. The van der Waals surface area contributed by atoms with Crippen LogP contribution >= 0.6 is 22.6 Å². The zero-order valence-electron chi connectivity index (χ0n) is 14.1. The molecule has 0 aliphatic carbocycles. The smallest absolute Gasteiger partial charge is 0.157 e. The van der Waals surface area contributed by atoms with E-state index in [-0.39, 0.29) is 0 Å². The average molecular weight is 443 g/mol. The zero-order chi connectivity index (χ0) is 17.0. The molecule has 0 fully saturated rings. The standard InChI is InChI=1S/C21H22INSi/c1-23(2)18-13-15-21(16-14-18)24(17-22,19-9-5-3-6-10-19)20-11-7-4-8-12-20/h3-16H,17H2,1-2H3. The van der Waals surface area contributed by atoms with Crippen LogP contribution in [0, 0.1) is 0 Å². The van der Waals surface area contributed by atoms with Gasteiger partial charge in [-0.05, 0) is 27.7 Å². The minimum atomic E-state index is -1.99. The van der Waals surface area contributed by atoms with Gasteiger partial charge >= 0.3 is 0 Å². The fourth-order valence-corrected chi connectivity index (χ4v) is 10.9. The van der Waals surface area contributed by atoms with Gasteiger partial charge in [0.25, 0.3) is 0 Å². The fourth-order valence-electron chi connectivity index (χ4n) is 3.22. The molecular weight excluding hydrogens is 421 g/mol. The topological polar surface area (TPSA) is 3.24 Å². The third kappa shape index (κ3) is 3.15. The second-order valence-electron chi connectivity index (χ2n) is 6.21. The average Bonchev–Trinajstić information content (AvgIpc) is 2.65. The Morgan fingerprint density at radius 2 is 1.08 bits per heavy atom. The Kier molecular flexibility index (Phi) is 5.41. The summed E-state index contributed by atoms with van der Waals surface area (Å²) in [7, 11) is 2.19. The molecule has 0 bridgehead atoms. The van der Waals surface area contributed by atoms with Crippen molar-refractivity contribution in [1.82, 2.24) is 0 Å². The molecule has 24 heavy (non-hydrogen) atoms. The van der Waals surface area contributed by atoms with Crippen molar-refractivity contribution in [2.24, 2.45) is 0 Å².